The highest BCUT2D eigenvalue weighted by Crippen LogP contribution is 2.35. The van der Waals surface area contributed by atoms with Crippen LogP contribution < -0.4 is 10.2 Å². The molecule has 0 bridgehead atoms. The predicted molar refractivity (Wildman–Crippen MR) is 109 cm³/mol. The molecule has 1 atom stereocenters. The van der Waals surface area contributed by atoms with Crippen molar-refractivity contribution in [2.45, 2.75) is 50.6 Å². The van der Waals surface area contributed by atoms with E-state index in [1.165, 1.54) is 25.1 Å². The molecule has 1 aliphatic rings. The zero-order valence-electron chi connectivity index (χ0n) is 16.4. The maximum Gasteiger partial charge on any atom is 0.248 e. The van der Waals surface area contributed by atoms with Crippen molar-refractivity contribution in [1.29, 1.82) is 0 Å². The van der Waals surface area contributed by atoms with Gasteiger partial charge in [0.2, 0.25) is 17.7 Å². The molecule has 0 saturated heterocycles. The van der Waals surface area contributed by atoms with Crippen LogP contribution in [0, 0.1) is 5.82 Å². The average Bonchev–Trinajstić information content (AvgIpc) is 2.68. The van der Waals surface area contributed by atoms with Gasteiger partial charge in [-0.2, -0.15) is 0 Å². The molecule has 4 nitrogen and oxygen atoms in total. The summed E-state index contributed by atoms with van der Waals surface area (Å²) in [6.07, 6.45) is -0.355. The second kappa shape index (κ2) is 9.08. The van der Waals surface area contributed by atoms with Crippen molar-refractivity contribution in [2.24, 2.45) is 0 Å². The molecule has 3 rings (SSSR count). The van der Waals surface area contributed by atoms with E-state index in [-0.39, 0.29) is 36.4 Å². The van der Waals surface area contributed by atoms with Crippen LogP contribution in [0.5, 0.6) is 0 Å². The van der Waals surface area contributed by atoms with Gasteiger partial charge in [0.15, 0.2) is 0 Å². The largest absolute Gasteiger partial charge is 0.351 e. The topological polar surface area (TPSA) is 49.4 Å². The number of benzene rings is 2. The Balaban J connectivity index is 1.97. The highest BCUT2D eigenvalue weighted by atomic mass is 35.5. The maximum atomic E-state index is 13.8. The molecule has 1 aliphatic carbocycles. The quantitative estimate of drug-likeness (QED) is 0.691. The highest BCUT2D eigenvalue weighted by molar-refractivity contribution is 6.31. The lowest BCUT2D eigenvalue weighted by Crippen LogP contribution is -2.48. The molecule has 0 heterocycles. The molecule has 160 valence electrons. The number of nitrogens with one attached hydrogen (secondary N) is 1. The Labute approximate surface area is 178 Å². The summed E-state index contributed by atoms with van der Waals surface area (Å²) >= 11 is 6.32. The third-order valence-corrected chi connectivity index (χ3v) is 5.54. The van der Waals surface area contributed by atoms with E-state index < -0.39 is 35.6 Å². The van der Waals surface area contributed by atoms with Crippen LogP contribution in [-0.4, -0.2) is 23.8 Å². The summed E-state index contributed by atoms with van der Waals surface area (Å²) in [6.45, 7) is 1.27. The van der Waals surface area contributed by atoms with Crippen LogP contribution in [0.3, 0.4) is 0 Å². The summed E-state index contributed by atoms with van der Waals surface area (Å²) < 4.78 is 40.8. The SMILES string of the molecule is CC(=O)N(c1cccc(F)c1)C(C(=O)NC1CCC(F)(F)CC1)c1ccccc1Cl. The van der Waals surface area contributed by atoms with Gasteiger partial charge >= 0.3 is 0 Å². The van der Waals surface area contributed by atoms with Crippen LogP contribution >= 0.6 is 11.6 Å². The molecular weight excluding hydrogens is 417 g/mol. The van der Waals surface area contributed by atoms with E-state index in [9.17, 15) is 22.8 Å². The van der Waals surface area contributed by atoms with Crippen LogP contribution in [0.25, 0.3) is 0 Å². The second-order valence-electron chi connectivity index (χ2n) is 7.43. The summed E-state index contributed by atoms with van der Waals surface area (Å²) in [7, 11) is 0. The lowest BCUT2D eigenvalue weighted by molar-refractivity contribution is -0.127. The van der Waals surface area contributed by atoms with Gasteiger partial charge in [0.05, 0.1) is 0 Å². The number of carbonyl (C=O) groups is 2. The number of carbonyl (C=O) groups excluding carboxylic acids is 2. The summed E-state index contributed by atoms with van der Waals surface area (Å²) in [4.78, 5) is 27.0. The van der Waals surface area contributed by atoms with Crippen molar-refractivity contribution < 1.29 is 22.8 Å². The molecule has 0 aromatic heterocycles. The number of hydrogen-bond acceptors (Lipinski definition) is 2. The Kier molecular flexibility index (Phi) is 6.71. The molecule has 0 spiro atoms. The molecule has 1 unspecified atom stereocenters. The molecule has 1 saturated carbocycles. The van der Waals surface area contributed by atoms with Gasteiger partial charge < -0.3 is 5.32 Å². The van der Waals surface area contributed by atoms with Gasteiger partial charge in [0, 0.05) is 42.1 Å². The standard InChI is InChI=1S/C22H22ClF3N2O2/c1-14(29)28(17-6-4-5-15(24)13-17)20(18-7-2-3-8-19(18)23)21(30)27-16-9-11-22(25,26)12-10-16/h2-8,13,16,20H,9-12H2,1H3,(H,27,30). The van der Waals surface area contributed by atoms with Gasteiger partial charge in [0.1, 0.15) is 11.9 Å². The fourth-order valence-electron chi connectivity index (χ4n) is 3.70. The van der Waals surface area contributed by atoms with E-state index >= 15 is 0 Å². The summed E-state index contributed by atoms with van der Waals surface area (Å²) in [5, 5.41) is 3.04. The van der Waals surface area contributed by atoms with E-state index in [4.69, 9.17) is 11.6 Å². The number of halogens is 4. The molecule has 0 aliphatic heterocycles. The van der Waals surface area contributed by atoms with E-state index in [0.29, 0.717) is 5.56 Å². The highest BCUT2D eigenvalue weighted by Gasteiger charge is 2.38. The molecule has 0 radical (unpaired) electrons. The van der Waals surface area contributed by atoms with Crippen molar-refractivity contribution in [3.63, 3.8) is 0 Å². The van der Waals surface area contributed by atoms with Crippen LogP contribution in [0.2, 0.25) is 5.02 Å². The molecule has 2 amide bonds. The first-order valence-electron chi connectivity index (χ1n) is 9.66. The van der Waals surface area contributed by atoms with E-state index in [1.54, 1.807) is 24.3 Å². The molecule has 8 heteroatoms. The maximum absolute atomic E-state index is 13.8. The normalized spacial score (nSPS) is 17.2. The lowest BCUT2D eigenvalue weighted by atomic mass is 9.91. The fraction of sp³-hybridized carbons (Fsp3) is 0.364. The first kappa shape index (κ1) is 22.2. The Morgan fingerprint density at radius 3 is 2.40 bits per heavy atom. The van der Waals surface area contributed by atoms with Gasteiger partial charge in [-0.05, 0) is 37.1 Å². The first-order valence-corrected chi connectivity index (χ1v) is 10.0. The predicted octanol–water partition coefficient (Wildman–Crippen LogP) is 5.27. The zero-order valence-corrected chi connectivity index (χ0v) is 17.1. The fourth-order valence-corrected chi connectivity index (χ4v) is 3.94. The zero-order chi connectivity index (χ0) is 21.9. The van der Waals surface area contributed by atoms with Gasteiger partial charge in [-0.15, -0.1) is 0 Å². The van der Waals surface area contributed by atoms with Gasteiger partial charge in [0.25, 0.3) is 0 Å². The van der Waals surface area contributed by atoms with E-state index in [2.05, 4.69) is 5.32 Å². The molecule has 30 heavy (non-hydrogen) atoms. The number of nitrogens with zero attached hydrogens (tertiary/aromatic N) is 1. The molecule has 1 fully saturated rings. The van der Waals surface area contributed by atoms with E-state index in [1.807, 2.05) is 0 Å². The summed E-state index contributed by atoms with van der Waals surface area (Å²) in [5.41, 5.74) is 0.551. The monoisotopic (exact) mass is 438 g/mol. The Morgan fingerprint density at radius 1 is 1.13 bits per heavy atom. The molecule has 2 aromatic carbocycles. The minimum atomic E-state index is -2.73. The number of amides is 2. The van der Waals surface area contributed by atoms with Crippen molar-refractivity contribution in [3.8, 4) is 0 Å². The summed E-state index contributed by atoms with van der Waals surface area (Å²) in [6, 6.07) is 10.3. The van der Waals surface area contributed by atoms with Crippen molar-refractivity contribution in [3.05, 3.63) is 64.9 Å². The smallest absolute Gasteiger partial charge is 0.248 e. The Bertz CT molecular complexity index is 928. The Morgan fingerprint density at radius 2 is 1.80 bits per heavy atom. The number of anilines is 1. The lowest BCUT2D eigenvalue weighted by Gasteiger charge is -2.34. The molecule has 1 N–H and O–H groups in total. The van der Waals surface area contributed by atoms with Crippen LogP contribution in [0.4, 0.5) is 18.9 Å². The van der Waals surface area contributed by atoms with Crippen LogP contribution in [0.1, 0.15) is 44.2 Å². The van der Waals surface area contributed by atoms with Gasteiger partial charge in [-0.3, -0.25) is 14.5 Å². The van der Waals surface area contributed by atoms with Gasteiger partial charge in [-0.1, -0.05) is 35.9 Å². The van der Waals surface area contributed by atoms with Crippen molar-refractivity contribution in [1.82, 2.24) is 5.32 Å². The second-order valence-corrected chi connectivity index (χ2v) is 7.84. The van der Waals surface area contributed by atoms with E-state index in [0.717, 1.165) is 11.0 Å². The average molecular weight is 439 g/mol. The number of alkyl halides is 2. The van der Waals surface area contributed by atoms with Crippen molar-refractivity contribution >= 4 is 29.1 Å². The minimum absolute atomic E-state index is 0.133. The van der Waals surface area contributed by atoms with Crippen LogP contribution in [-0.2, 0) is 9.59 Å². The van der Waals surface area contributed by atoms with Crippen LogP contribution in [0.15, 0.2) is 48.5 Å². The first-order chi connectivity index (χ1) is 14.2. The third kappa shape index (κ3) is 5.14. The summed E-state index contributed by atoms with van der Waals surface area (Å²) in [5.74, 6) is -4.34. The number of rotatable bonds is 5. The Hall–Kier alpha value is -2.54. The van der Waals surface area contributed by atoms with Crippen molar-refractivity contribution in [2.75, 3.05) is 4.90 Å². The number of hydrogen-bond donors (Lipinski definition) is 1. The minimum Gasteiger partial charge on any atom is -0.351 e. The van der Waals surface area contributed by atoms with Gasteiger partial charge in [-0.25, -0.2) is 13.2 Å². The molecule has 2 aromatic rings. The third-order valence-electron chi connectivity index (χ3n) is 5.20. The molecular formula is C22H22ClF3N2O2.